The average molecular weight is 77.0 g/mol. The van der Waals surface area contributed by atoms with Gasteiger partial charge in [0, 0.05) is 8.37 Å². The van der Waals surface area contributed by atoms with Crippen LogP contribution in [0.15, 0.2) is 4.91 Å². The Labute approximate surface area is 26.3 Å². The van der Waals surface area contributed by atoms with Crippen molar-refractivity contribution in [2.45, 2.75) is 0 Å². The average Bonchev–Trinajstić information content (AvgIpc) is 1.37. The van der Waals surface area contributed by atoms with Crippen molar-refractivity contribution in [3.63, 3.8) is 0 Å². The monoisotopic (exact) mass is 77.0 g/mol. The van der Waals surface area contributed by atoms with Crippen LogP contribution in [0.1, 0.15) is 0 Å². The topological polar surface area (TPSA) is 32.6 Å². The Morgan fingerprint density at radius 3 is 2.25 bits per heavy atom. The molecule has 0 unspecified atom stereocenters. The van der Waals surface area contributed by atoms with Crippen molar-refractivity contribution in [1.82, 2.24) is 0 Å². The van der Waals surface area contributed by atoms with Crippen molar-refractivity contribution in [1.29, 1.82) is 0 Å². The number of nitrogens with zero attached hydrogens (tertiary/aromatic N) is 1. The highest BCUT2D eigenvalue weighted by Crippen LogP contribution is 1.80. The van der Waals surface area contributed by atoms with E-state index >= 15 is 0 Å². The maximum absolute atomic E-state index is 7.49. The second-order valence-electron chi connectivity index (χ2n) is 0.289. The van der Waals surface area contributed by atoms with E-state index in [1.165, 1.54) is 0 Å². The van der Waals surface area contributed by atoms with Crippen molar-refractivity contribution in [3.8, 4) is 0 Å². The zero-order chi connectivity index (χ0) is 3.41. The molecule has 0 aromatic carbocycles. The molecule has 24 valence electrons. The van der Waals surface area contributed by atoms with E-state index in [0.29, 0.717) is 8.37 Å². The van der Waals surface area contributed by atoms with Crippen LogP contribution in [0.4, 0.5) is 0 Å². The van der Waals surface area contributed by atoms with Crippen LogP contribution in [0.3, 0.4) is 0 Å². The Bertz CT molecular complexity index is 23.2. The van der Waals surface area contributed by atoms with Crippen LogP contribution in [0, 0.1) is 0 Å². The lowest BCUT2D eigenvalue weighted by atomic mass is 12.0. The number of hydrogen-bond acceptors (Lipinski definition) is 1. The van der Waals surface area contributed by atoms with Gasteiger partial charge in [-0.1, -0.05) is 0 Å². The molecule has 1 N–H and O–H groups in total. The summed E-state index contributed by atoms with van der Waals surface area (Å²) >= 11 is 0. The first-order chi connectivity index (χ1) is 1.91. The predicted molar refractivity (Wildman–Crippen MR) is 17.1 cm³/mol. The fourth-order valence-electron chi connectivity index (χ4n) is 0. The van der Waals surface area contributed by atoms with Gasteiger partial charge in [-0.2, -0.15) is 0 Å². The van der Waals surface area contributed by atoms with Gasteiger partial charge in [0.25, 0.3) is 0 Å². The minimum Gasteiger partial charge on any atom is -0.264 e. The molecule has 0 rings (SSSR count). The Morgan fingerprint density at radius 1 is 2.00 bits per heavy atom. The highest BCUT2D eigenvalue weighted by Gasteiger charge is 1.36. The molecule has 0 aliphatic carbocycles. The summed E-state index contributed by atoms with van der Waals surface area (Å²) in [5.41, 5.74) is 0. The molecule has 0 aromatic rings. The normalized spacial score (nSPS) is 9.50. The quantitative estimate of drug-likeness (QED) is 0.341. The molecule has 4 heavy (non-hydrogen) atoms. The summed E-state index contributed by atoms with van der Waals surface area (Å²) in [5.74, 6) is 0. The van der Waals surface area contributed by atoms with Gasteiger partial charge in [-0.05, 0) is 6.66 Å². The number of rotatable bonds is 0. The van der Waals surface area contributed by atoms with Crippen LogP contribution in [0.5, 0.6) is 0 Å². The van der Waals surface area contributed by atoms with Crippen LogP contribution in [0.2, 0.25) is 0 Å². The standard InChI is InChI=1S/CH4NOP/c1-4-2-3/h3H,1H3. The molecule has 0 radical (unpaired) electrons. The predicted octanol–water partition coefficient (Wildman–Crippen LogP) is 1.14. The van der Waals surface area contributed by atoms with E-state index in [-0.39, 0.29) is 0 Å². The van der Waals surface area contributed by atoms with E-state index in [9.17, 15) is 0 Å². The molecule has 0 aliphatic rings. The summed E-state index contributed by atoms with van der Waals surface area (Å²) in [6, 6.07) is 0. The van der Waals surface area contributed by atoms with Crippen molar-refractivity contribution in [2.75, 3.05) is 6.66 Å². The summed E-state index contributed by atoms with van der Waals surface area (Å²) in [4.78, 5) is 2.71. The second kappa shape index (κ2) is 3.06. The van der Waals surface area contributed by atoms with E-state index in [1.807, 2.05) is 0 Å². The van der Waals surface area contributed by atoms with Gasteiger partial charge in [0.05, 0.1) is 0 Å². The molecule has 0 spiro atoms. The van der Waals surface area contributed by atoms with Gasteiger partial charge in [0.15, 0.2) is 0 Å². The molecule has 0 amide bonds. The molecular weight excluding hydrogens is 73.0 g/mol. The Balaban J connectivity index is 2.55. The lowest BCUT2D eigenvalue weighted by molar-refractivity contribution is 0.328. The third-order valence-electron chi connectivity index (χ3n) is 0.0894. The fraction of sp³-hybridized carbons (Fsp3) is 1.00. The van der Waals surface area contributed by atoms with E-state index in [4.69, 9.17) is 5.21 Å². The van der Waals surface area contributed by atoms with Gasteiger partial charge in [0.2, 0.25) is 0 Å². The van der Waals surface area contributed by atoms with Crippen molar-refractivity contribution in [2.24, 2.45) is 4.91 Å². The second-order valence-corrected chi connectivity index (χ2v) is 0.868. The minimum atomic E-state index is 0.679. The van der Waals surface area contributed by atoms with Crippen LogP contribution >= 0.6 is 8.37 Å². The van der Waals surface area contributed by atoms with Crippen molar-refractivity contribution < 1.29 is 5.21 Å². The van der Waals surface area contributed by atoms with Crippen LogP contribution in [0.25, 0.3) is 0 Å². The molecule has 2 nitrogen and oxygen atoms in total. The summed E-state index contributed by atoms with van der Waals surface area (Å²) in [7, 11) is 0.679. The van der Waals surface area contributed by atoms with E-state index < -0.39 is 0 Å². The first-order valence-corrected chi connectivity index (χ1v) is 2.14. The Hall–Kier alpha value is 0.0600. The van der Waals surface area contributed by atoms with E-state index in [0.717, 1.165) is 0 Å². The van der Waals surface area contributed by atoms with Crippen molar-refractivity contribution >= 4 is 8.37 Å². The van der Waals surface area contributed by atoms with Crippen LogP contribution < -0.4 is 0 Å². The molecule has 0 saturated carbocycles. The maximum atomic E-state index is 7.49. The van der Waals surface area contributed by atoms with Crippen LogP contribution in [-0.4, -0.2) is 11.9 Å². The molecule has 0 saturated heterocycles. The zero-order valence-corrected chi connectivity index (χ0v) is 3.24. The highest BCUT2D eigenvalue weighted by atomic mass is 31.1. The zero-order valence-electron chi connectivity index (χ0n) is 2.34. The van der Waals surface area contributed by atoms with Gasteiger partial charge in [0.1, 0.15) is 0 Å². The number of hydrogen-bond donors (Lipinski definition) is 1. The largest absolute Gasteiger partial charge is 0.264 e. The highest BCUT2D eigenvalue weighted by molar-refractivity contribution is 7.25. The summed E-state index contributed by atoms with van der Waals surface area (Å²) in [6.45, 7) is 1.74. The summed E-state index contributed by atoms with van der Waals surface area (Å²) in [6.07, 6.45) is 0. The molecule has 3 heteroatoms. The molecule has 0 aliphatic heterocycles. The van der Waals surface area contributed by atoms with Gasteiger partial charge in [-0.3, -0.25) is 5.21 Å². The molecule has 0 bridgehead atoms. The first kappa shape index (κ1) is 4.06. The van der Waals surface area contributed by atoms with Crippen molar-refractivity contribution in [3.05, 3.63) is 0 Å². The molecular formula is CH4NOP. The Kier molecular flexibility index (Phi) is 3.11. The summed E-state index contributed by atoms with van der Waals surface area (Å²) in [5, 5.41) is 7.49. The summed E-state index contributed by atoms with van der Waals surface area (Å²) < 4.78 is 0. The van der Waals surface area contributed by atoms with Gasteiger partial charge < -0.3 is 0 Å². The van der Waals surface area contributed by atoms with E-state index in [2.05, 4.69) is 4.91 Å². The first-order valence-electron chi connectivity index (χ1n) is 0.847. The lowest BCUT2D eigenvalue weighted by Gasteiger charge is -1.50. The minimum absolute atomic E-state index is 0.679. The van der Waals surface area contributed by atoms with Crippen LogP contribution in [-0.2, 0) is 0 Å². The lowest BCUT2D eigenvalue weighted by Crippen LogP contribution is -1.26. The third-order valence-corrected chi connectivity index (χ3v) is 0.268. The van der Waals surface area contributed by atoms with Gasteiger partial charge in [-0.25, -0.2) is 0 Å². The Morgan fingerprint density at radius 2 is 2.25 bits per heavy atom. The van der Waals surface area contributed by atoms with Gasteiger partial charge >= 0.3 is 0 Å². The maximum Gasteiger partial charge on any atom is 0.0366 e. The SMILES string of the molecule is CP=NO. The molecule has 0 aromatic heterocycles. The molecule has 0 atom stereocenters. The molecule has 0 fully saturated rings. The van der Waals surface area contributed by atoms with Gasteiger partial charge in [-0.15, -0.1) is 4.91 Å². The smallest absolute Gasteiger partial charge is 0.0366 e. The van der Waals surface area contributed by atoms with E-state index in [1.54, 1.807) is 6.66 Å². The third kappa shape index (κ3) is 2.06. The molecule has 0 heterocycles. The fourth-order valence-corrected chi connectivity index (χ4v) is 0.